The molecule has 1 aliphatic heterocycles. The number of hydrogen-bond donors (Lipinski definition) is 1. The summed E-state index contributed by atoms with van der Waals surface area (Å²) in [6, 6.07) is 15.2. The van der Waals surface area contributed by atoms with Crippen LogP contribution in [0.5, 0.6) is 0 Å². The minimum Gasteiger partial charge on any atom is -0.463 e. The molecule has 7 nitrogen and oxygen atoms in total. The number of hydrogen-bond acceptors (Lipinski definition) is 6. The summed E-state index contributed by atoms with van der Waals surface area (Å²) in [7, 11) is 2.10. The Morgan fingerprint density at radius 3 is 2.67 bits per heavy atom. The van der Waals surface area contributed by atoms with Gasteiger partial charge in [0.15, 0.2) is 5.76 Å². The second-order valence-electron chi connectivity index (χ2n) is 7.66. The molecule has 3 aromatic heterocycles. The van der Waals surface area contributed by atoms with Gasteiger partial charge in [-0.1, -0.05) is 35.5 Å². The van der Waals surface area contributed by atoms with Crippen molar-refractivity contribution < 1.29 is 13.7 Å². The van der Waals surface area contributed by atoms with Crippen LogP contribution in [-0.4, -0.2) is 47.1 Å². The Morgan fingerprint density at radius 1 is 1.13 bits per heavy atom. The molecule has 152 valence electrons. The quantitative estimate of drug-likeness (QED) is 0.556. The summed E-state index contributed by atoms with van der Waals surface area (Å²) < 4.78 is 11.0. The maximum atomic E-state index is 13.4. The molecule has 0 unspecified atom stereocenters. The fraction of sp³-hybridized carbons (Fsp3) is 0.261. The molecule has 4 aromatic rings. The highest BCUT2D eigenvalue weighted by Crippen LogP contribution is 2.33. The van der Waals surface area contributed by atoms with Crippen LogP contribution in [0.4, 0.5) is 0 Å². The van der Waals surface area contributed by atoms with Gasteiger partial charge in [0.25, 0.3) is 11.6 Å². The lowest BCUT2D eigenvalue weighted by atomic mass is 10.0. The number of nitrogens with zero attached hydrogens (tertiary/aromatic N) is 3. The van der Waals surface area contributed by atoms with Crippen LogP contribution in [0.25, 0.3) is 33.8 Å². The van der Waals surface area contributed by atoms with Crippen LogP contribution in [0.2, 0.25) is 0 Å². The smallest absolute Gasteiger partial charge is 0.259 e. The Hall–Kier alpha value is -3.45. The number of nitrogens with one attached hydrogen (secondary N) is 1. The molecule has 1 fully saturated rings. The first-order valence-electron chi connectivity index (χ1n) is 10.1. The van der Waals surface area contributed by atoms with E-state index in [1.807, 2.05) is 30.3 Å². The SMILES string of the molecule is CN1CCC(NC(=O)c2cc(-c3ccco3)nc3onc(-c4ccccc4)c23)CC1. The van der Waals surface area contributed by atoms with Gasteiger partial charge in [-0.15, -0.1) is 0 Å². The predicted molar refractivity (Wildman–Crippen MR) is 113 cm³/mol. The van der Waals surface area contributed by atoms with E-state index in [0.29, 0.717) is 33.8 Å². The summed E-state index contributed by atoms with van der Waals surface area (Å²) >= 11 is 0. The van der Waals surface area contributed by atoms with Gasteiger partial charge in [-0.3, -0.25) is 4.79 Å². The van der Waals surface area contributed by atoms with Crippen LogP contribution >= 0.6 is 0 Å². The number of likely N-dealkylation sites (tertiary alicyclic amines) is 1. The number of carbonyl (C=O) groups excluding carboxylic acids is 1. The third-order valence-corrected chi connectivity index (χ3v) is 5.57. The fourth-order valence-corrected chi connectivity index (χ4v) is 3.89. The Morgan fingerprint density at radius 2 is 1.93 bits per heavy atom. The molecule has 0 saturated carbocycles. The molecule has 0 radical (unpaired) electrons. The number of rotatable bonds is 4. The lowest BCUT2D eigenvalue weighted by Crippen LogP contribution is -2.43. The highest BCUT2D eigenvalue weighted by molar-refractivity contribution is 6.10. The highest BCUT2D eigenvalue weighted by atomic mass is 16.5. The van der Waals surface area contributed by atoms with Crippen LogP contribution in [0, 0.1) is 0 Å². The lowest BCUT2D eigenvalue weighted by molar-refractivity contribution is 0.0918. The van der Waals surface area contributed by atoms with E-state index in [2.05, 4.69) is 27.4 Å². The average molecular weight is 402 g/mol. The Labute approximate surface area is 173 Å². The van der Waals surface area contributed by atoms with E-state index in [-0.39, 0.29) is 11.9 Å². The zero-order chi connectivity index (χ0) is 20.5. The van der Waals surface area contributed by atoms with E-state index in [4.69, 9.17) is 8.94 Å². The second kappa shape index (κ2) is 7.76. The van der Waals surface area contributed by atoms with Gasteiger partial charge in [0.1, 0.15) is 11.4 Å². The minimum absolute atomic E-state index is 0.143. The molecule has 0 aliphatic carbocycles. The van der Waals surface area contributed by atoms with Crippen molar-refractivity contribution in [2.24, 2.45) is 0 Å². The number of piperidine rings is 1. The lowest BCUT2D eigenvalue weighted by Gasteiger charge is -2.29. The van der Waals surface area contributed by atoms with Gasteiger partial charge >= 0.3 is 0 Å². The monoisotopic (exact) mass is 402 g/mol. The number of pyridine rings is 1. The van der Waals surface area contributed by atoms with Crippen LogP contribution in [0.3, 0.4) is 0 Å². The van der Waals surface area contributed by atoms with Crippen molar-refractivity contribution in [2.75, 3.05) is 20.1 Å². The van der Waals surface area contributed by atoms with Crippen molar-refractivity contribution in [3.8, 4) is 22.7 Å². The molecule has 5 rings (SSSR count). The van der Waals surface area contributed by atoms with Crippen LogP contribution in [-0.2, 0) is 0 Å². The molecule has 1 amide bonds. The van der Waals surface area contributed by atoms with Crippen LogP contribution < -0.4 is 5.32 Å². The zero-order valence-corrected chi connectivity index (χ0v) is 16.7. The average Bonchev–Trinajstić information content (AvgIpc) is 3.45. The van der Waals surface area contributed by atoms with Crippen LogP contribution in [0.1, 0.15) is 23.2 Å². The minimum atomic E-state index is -0.148. The first kappa shape index (κ1) is 18.6. The van der Waals surface area contributed by atoms with E-state index in [9.17, 15) is 4.79 Å². The number of benzene rings is 1. The molecule has 1 aliphatic rings. The summed E-state index contributed by atoms with van der Waals surface area (Å²) in [4.78, 5) is 20.2. The molecule has 0 atom stereocenters. The first-order chi connectivity index (χ1) is 14.7. The summed E-state index contributed by atoms with van der Waals surface area (Å²) in [5.74, 6) is 0.424. The summed E-state index contributed by atoms with van der Waals surface area (Å²) in [6.07, 6.45) is 3.43. The summed E-state index contributed by atoms with van der Waals surface area (Å²) in [6.45, 7) is 1.94. The van der Waals surface area contributed by atoms with Crippen molar-refractivity contribution in [3.63, 3.8) is 0 Å². The molecular formula is C23H22N4O3. The second-order valence-corrected chi connectivity index (χ2v) is 7.66. The molecule has 0 spiro atoms. The topological polar surface area (TPSA) is 84.4 Å². The van der Waals surface area contributed by atoms with Gasteiger partial charge in [0.05, 0.1) is 17.2 Å². The van der Waals surface area contributed by atoms with Gasteiger partial charge in [-0.2, -0.15) is 0 Å². The number of amides is 1. The largest absolute Gasteiger partial charge is 0.463 e. The van der Waals surface area contributed by atoms with Gasteiger partial charge in [-0.25, -0.2) is 4.98 Å². The zero-order valence-electron chi connectivity index (χ0n) is 16.7. The standard InChI is InChI=1S/C23H22N4O3/c1-27-11-9-16(10-12-27)24-22(28)17-14-18(19-8-5-13-29-19)25-23-20(17)21(26-30-23)15-6-3-2-4-7-15/h2-8,13-14,16H,9-12H2,1H3,(H,24,28). The summed E-state index contributed by atoms with van der Waals surface area (Å²) in [5.41, 5.74) is 2.83. The molecule has 7 heteroatoms. The Balaban J connectivity index is 1.59. The van der Waals surface area contributed by atoms with Crippen molar-refractivity contribution in [3.05, 3.63) is 60.4 Å². The fourth-order valence-electron chi connectivity index (χ4n) is 3.89. The highest BCUT2D eigenvalue weighted by Gasteiger charge is 2.25. The predicted octanol–water partition coefficient (Wildman–Crippen LogP) is 3.97. The number of aromatic nitrogens is 2. The van der Waals surface area contributed by atoms with E-state index >= 15 is 0 Å². The Bertz CT molecular complexity index is 1160. The third-order valence-electron chi connectivity index (χ3n) is 5.57. The molecule has 4 heterocycles. The van der Waals surface area contributed by atoms with Crippen molar-refractivity contribution in [2.45, 2.75) is 18.9 Å². The van der Waals surface area contributed by atoms with Gasteiger partial charge in [-0.05, 0) is 51.2 Å². The van der Waals surface area contributed by atoms with E-state index in [1.54, 1.807) is 24.5 Å². The molecular weight excluding hydrogens is 380 g/mol. The molecule has 1 aromatic carbocycles. The summed E-state index contributed by atoms with van der Waals surface area (Å²) in [5, 5.41) is 8.04. The Kier molecular flexibility index (Phi) is 4.80. The van der Waals surface area contributed by atoms with Crippen molar-refractivity contribution in [1.29, 1.82) is 0 Å². The van der Waals surface area contributed by atoms with Crippen molar-refractivity contribution >= 4 is 17.0 Å². The van der Waals surface area contributed by atoms with Crippen LogP contribution in [0.15, 0.2) is 63.7 Å². The van der Waals surface area contributed by atoms with E-state index in [1.165, 1.54) is 0 Å². The number of carbonyl (C=O) groups is 1. The molecule has 0 bridgehead atoms. The van der Waals surface area contributed by atoms with Gasteiger partial charge in [0.2, 0.25) is 0 Å². The maximum Gasteiger partial charge on any atom is 0.259 e. The first-order valence-corrected chi connectivity index (χ1v) is 10.1. The molecule has 1 N–H and O–H groups in total. The van der Waals surface area contributed by atoms with Crippen molar-refractivity contribution in [1.82, 2.24) is 20.4 Å². The maximum absolute atomic E-state index is 13.4. The number of fused-ring (bicyclic) bond motifs is 1. The molecule has 30 heavy (non-hydrogen) atoms. The third kappa shape index (κ3) is 3.48. The molecule has 1 saturated heterocycles. The van der Waals surface area contributed by atoms with E-state index < -0.39 is 0 Å². The normalized spacial score (nSPS) is 15.5. The number of furan rings is 1. The van der Waals surface area contributed by atoms with E-state index in [0.717, 1.165) is 31.5 Å². The van der Waals surface area contributed by atoms with Gasteiger partial charge < -0.3 is 19.2 Å². The van der Waals surface area contributed by atoms with Gasteiger partial charge in [0, 0.05) is 11.6 Å².